The molecule has 2 aliphatic carbocycles. The number of aliphatic hydroxyl groups is 1. The molecule has 4 aliphatic rings. The Hall–Kier alpha value is -2.15. The molecule has 1 amide bonds. The number of aliphatic hydroxyl groups excluding tert-OH is 1. The van der Waals surface area contributed by atoms with Crippen molar-refractivity contribution in [1.82, 2.24) is 15.2 Å². The van der Waals surface area contributed by atoms with Crippen LogP contribution < -0.4 is 10.6 Å². The summed E-state index contributed by atoms with van der Waals surface area (Å²) in [6.45, 7) is 0. The third-order valence-electron chi connectivity index (χ3n) is 8.76. The summed E-state index contributed by atoms with van der Waals surface area (Å²) in [5, 5.41) is 26.6. The zero-order valence-electron chi connectivity index (χ0n) is 19.8. The van der Waals surface area contributed by atoms with Gasteiger partial charge in [-0.05, 0) is 80.1 Å². The number of carbonyl (C=O) groups is 1. The van der Waals surface area contributed by atoms with E-state index in [0.29, 0.717) is 36.2 Å². The monoisotopic (exact) mass is 541 g/mol. The number of nitrogens with one attached hydrogen (secondary N) is 2. The van der Waals surface area contributed by atoms with Crippen molar-refractivity contribution in [3.8, 4) is 6.07 Å². The lowest BCUT2D eigenvalue weighted by Crippen LogP contribution is -2.46. The Balaban J connectivity index is 1.06. The second kappa shape index (κ2) is 9.38. The van der Waals surface area contributed by atoms with Crippen LogP contribution >= 0.6 is 15.9 Å². The maximum atomic E-state index is 13.1. The molecule has 35 heavy (non-hydrogen) atoms. The van der Waals surface area contributed by atoms with Crippen LogP contribution in [0.25, 0.3) is 11.0 Å². The normalized spacial score (nSPS) is 34.8. The van der Waals surface area contributed by atoms with E-state index >= 15 is 0 Å². The summed E-state index contributed by atoms with van der Waals surface area (Å²) in [7, 11) is 0. The van der Waals surface area contributed by atoms with Crippen LogP contribution in [0.5, 0.6) is 0 Å². The summed E-state index contributed by atoms with van der Waals surface area (Å²) in [5.41, 5.74) is 0.606. The Morgan fingerprint density at radius 2 is 1.89 bits per heavy atom. The maximum absolute atomic E-state index is 13.1. The zero-order valence-corrected chi connectivity index (χ0v) is 21.3. The van der Waals surface area contributed by atoms with E-state index in [4.69, 9.17) is 9.68 Å². The van der Waals surface area contributed by atoms with Crippen molar-refractivity contribution in [3.63, 3.8) is 0 Å². The van der Waals surface area contributed by atoms with Crippen LogP contribution in [0.15, 0.2) is 21.2 Å². The molecule has 5 atom stereocenters. The number of nitriles is 1. The molecule has 2 aliphatic heterocycles. The van der Waals surface area contributed by atoms with Gasteiger partial charge in [-0.15, -0.1) is 0 Å². The fraction of sp³-hybridized carbons (Fsp3) is 0.654. The quantitative estimate of drug-likeness (QED) is 0.522. The number of hydrogen-bond acceptors (Lipinski definition) is 7. The van der Waals surface area contributed by atoms with Crippen molar-refractivity contribution in [2.24, 2.45) is 5.92 Å². The van der Waals surface area contributed by atoms with Gasteiger partial charge in [-0.3, -0.25) is 9.69 Å². The zero-order chi connectivity index (χ0) is 24.1. The smallest absolute Gasteiger partial charge is 0.224 e. The summed E-state index contributed by atoms with van der Waals surface area (Å²) in [5.74, 6) is 1.39. The molecule has 0 spiro atoms. The highest BCUT2D eigenvalue weighted by Crippen LogP contribution is 2.46. The van der Waals surface area contributed by atoms with Crippen LogP contribution in [0.2, 0.25) is 0 Å². The topological polar surface area (TPSA) is 114 Å². The first kappa shape index (κ1) is 23.3. The average molecular weight is 542 g/mol. The third kappa shape index (κ3) is 4.34. The third-order valence-corrected chi connectivity index (χ3v) is 9.57. The molecule has 4 heterocycles. The molecule has 0 radical (unpaired) electrons. The molecule has 2 bridgehead atoms. The van der Waals surface area contributed by atoms with Crippen LogP contribution in [0.4, 0.5) is 5.82 Å². The Bertz CT molecular complexity index is 1150. The lowest BCUT2D eigenvalue weighted by Gasteiger charge is -2.38. The largest absolute Gasteiger partial charge is 0.444 e. The van der Waals surface area contributed by atoms with Crippen molar-refractivity contribution >= 4 is 38.6 Å². The molecule has 2 aromatic heterocycles. The molecule has 2 saturated carbocycles. The summed E-state index contributed by atoms with van der Waals surface area (Å²) >= 11 is 3.64. The number of pyridine rings is 1. The Labute approximate surface area is 213 Å². The molecule has 3 N–H and O–H groups in total. The van der Waals surface area contributed by atoms with E-state index in [-0.39, 0.29) is 29.7 Å². The van der Waals surface area contributed by atoms with E-state index in [1.807, 2.05) is 6.07 Å². The van der Waals surface area contributed by atoms with Crippen molar-refractivity contribution in [1.29, 1.82) is 5.26 Å². The van der Waals surface area contributed by atoms with Crippen molar-refractivity contribution in [3.05, 3.63) is 22.5 Å². The molecule has 8 nitrogen and oxygen atoms in total. The molecule has 9 heteroatoms. The predicted octanol–water partition coefficient (Wildman–Crippen LogP) is 4.07. The van der Waals surface area contributed by atoms with Crippen molar-refractivity contribution in [2.75, 3.05) is 5.32 Å². The Morgan fingerprint density at radius 3 is 2.63 bits per heavy atom. The second-order valence-corrected chi connectivity index (χ2v) is 11.6. The number of carbonyl (C=O) groups excluding carboxylic acids is 1. The van der Waals surface area contributed by atoms with Crippen molar-refractivity contribution < 1.29 is 14.3 Å². The van der Waals surface area contributed by atoms with Gasteiger partial charge >= 0.3 is 0 Å². The number of rotatable bonds is 5. The van der Waals surface area contributed by atoms with E-state index < -0.39 is 0 Å². The highest BCUT2D eigenvalue weighted by Gasteiger charge is 2.51. The average Bonchev–Trinajstić information content (AvgIpc) is 3.64. The fourth-order valence-corrected chi connectivity index (χ4v) is 7.65. The molecule has 2 saturated heterocycles. The maximum Gasteiger partial charge on any atom is 0.224 e. The van der Waals surface area contributed by atoms with Gasteiger partial charge in [0.25, 0.3) is 0 Å². The van der Waals surface area contributed by atoms with Crippen LogP contribution in [0.1, 0.15) is 70.0 Å². The van der Waals surface area contributed by atoms with E-state index in [1.165, 1.54) is 6.42 Å². The van der Waals surface area contributed by atoms with Gasteiger partial charge in [-0.25, -0.2) is 4.98 Å². The van der Waals surface area contributed by atoms with Crippen LogP contribution in [-0.2, 0) is 4.79 Å². The van der Waals surface area contributed by atoms with Gasteiger partial charge in [0.15, 0.2) is 5.58 Å². The van der Waals surface area contributed by atoms with Crippen LogP contribution in [-0.4, -0.2) is 57.2 Å². The Morgan fingerprint density at radius 1 is 1.11 bits per heavy atom. The number of halogens is 1. The van der Waals surface area contributed by atoms with Crippen LogP contribution in [0, 0.1) is 17.2 Å². The fourth-order valence-electron chi connectivity index (χ4n) is 7.13. The van der Waals surface area contributed by atoms with Crippen LogP contribution in [0.3, 0.4) is 0 Å². The standard InChI is InChI=1S/C26H32BrN5O3/c27-24-21-11-19(12-28)35-23(21)13-29-25(24)30-14-1-4-16(5-2-14)32-17-6-8-22(32)20(10-17)26(34)31-15-3-7-18(33)9-15/h11,13-18,20,22,33H,1-10H2,(H,29,30)(H,31,34)/t14?,15?,16?,17?,18-,20?,22?/m1/s1. The Kier molecular flexibility index (Phi) is 6.23. The summed E-state index contributed by atoms with van der Waals surface area (Å²) in [6.07, 6.45) is 11.5. The highest BCUT2D eigenvalue weighted by atomic mass is 79.9. The van der Waals surface area contributed by atoms with E-state index in [9.17, 15) is 9.90 Å². The minimum Gasteiger partial charge on any atom is -0.444 e. The van der Waals surface area contributed by atoms with Gasteiger partial charge in [0, 0.05) is 41.7 Å². The molecule has 2 aromatic rings. The predicted molar refractivity (Wildman–Crippen MR) is 135 cm³/mol. The number of amides is 1. The first-order valence-corrected chi connectivity index (χ1v) is 13.8. The second-order valence-electron chi connectivity index (χ2n) is 10.8. The highest BCUT2D eigenvalue weighted by molar-refractivity contribution is 9.10. The molecule has 186 valence electrons. The van der Waals surface area contributed by atoms with Gasteiger partial charge < -0.3 is 20.2 Å². The summed E-state index contributed by atoms with van der Waals surface area (Å²) < 4.78 is 6.32. The number of hydrogen-bond donors (Lipinski definition) is 3. The SMILES string of the molecule is N#Cc1cc2c(Br)c(NC3CCC(N4C5CCC4C(C(=O)NC4CC[C@@H](O)C4)C5)CC3)ncc2o1. The van der Waals surface area contributed by atoms with E-state index in [1.54, 1.807) is 12.3 Å². The molecule has 4 unspecified atom stereocenters. The number of furan rings is 1. The molecule has 4 fully saturated rings. The van der Waals surface area contributed by atoms with E-state index in [0.717, 1.165) is 67.0 Å². The number of aromatic nitrogens is 1. The molecule has 0 aromatic carbocycles. The van der Waals surface area contributed by atoms with Gasteiger partial charge in [-0.1, -0.05) is 0 Å². The van der Waals surface area contributed by atoms with Gasteiger partial charge in [-0.2, -0.15) is 5.26 Å². The van der Waals surface area contributed by atoms with Gasteiger partial charge in [0.2, 0.25) is 11.7 Å². The molecule has 6 rings (SSSR count). The number of anilines is 1. The summed E-state index contributed by atoms with van der Waals surface area (Å²) in [4.78, 5) is 20.3. The lowest BCUT2D eigenvalue weighted by atomic mass is 9.88. The first-order chi connectivity index (χ1) is 17.0. The van der Waals surface area contributed by atoms with Crippen molar-refractivity contribution in [2.45, 2.75) is 101 Å². The first-order valence-electron chi connectivity index (χ1n) is 13.0. The molecular weight excluding hydrogens is 510 g/mol. The number of fused-ring (bicyclic) bond motifs is 3. The summed E-state index contributed by atoms with van der Waals surface area (Å²) in [6, 6.07) is 5.73. The van der Waals surface area contributed by atoms with E-state index in [2.05, 4.69) is 36.4 Å². The molecular formula is C26H32BrN5O3. The van der Waals surface area contributed by atoms with Gasteiger partial charge in [0.05, 0.1) is 22.7 Å². The minimum absolute atomic E-state index is 0.0995. The van der Waals surface area contributed by atoms with Gasteiger partial charge in [0.1, 0.15) is 11.9 Å². The minimum atomic E-state index is -0.256. The lowest BCUT2D eigenvalue weighted by molar-refractivity contribution is -0.126. The number of nitrogens with zero attached hydrogens (tertiary/aromatic N) is 3.